The third-order valence-electron chi connectivity index (χ3n) is 4.87. The van der Waals surface area contributed by atoms with E-state index in [4.69, 9.17) is 5.11 Å². The minimum atomic E-state index is -4.49. The summed E-state index contributed by atoms with van der Waals surface area (Å²) >= 11 is 0. The summed E-state index contributed by atoms with van der Waals surface area (Å²) in [6.45, 7) is 0.824. The SMILES string of the molecule is O=C(O)C1CN(c2cccc(-c3cn(O)c4cc(C(F)(F)F)ccc34)c2)C1. The maximum Gasteiger partial charge on any atom is 0.416 e. The van der Waals surface area contributed by atoms with E-state index < -0.39 is 23.6 Å². The number of rotatable bonds is 3. The van der Waals surface area contributed by atoms with E-state index in [1.807, 2.05) is 17.0 Å². The van der Waals surface area contributed by atoms with Crippen LogP contribution < -0.4 is 4.90 Å². The summed E-state index contributed by atoms with van der Waals surface area (Å²) in [6.07, 6.45) is -3.11. The van der Waals surface area contributed by atoms with Crippen LogP contribution in [0.4, 0.5) is 18.9 Å². The first-order chi connectivity index (χ1) is 12.7. The number of carbonyl (C=O) groups is 1. The zero-order valence-corrected chi connectivity index (χ0v) is 13.9. The monoisotopic (exact) mass is 376 g/mol. The molecule has 1 fully saturated rings. The molecule has 0 amide bonds. The second-order valence-electron chi connectivity index (χ2n) is 6.61. The zero-order chi connectivity index (χ0) is 19.3. The predicted molar refractivity (Wildman–Crippen MR) is 92.9 cm³/mol. The van der Waals surface area contributed by atoms with E-state index in [1.54, 1.807) is 12.1 Å². The third-order valence-corrected chi connectivity index (χ3v) is 4.87. The van der Waals surface area contributed by atoms with E-state index in [2.05, 4.69) is 0 Å². The summed E-state index contributed by atoms with van der Waals surface area (Å²) < 4.78 is 39.4. The Labute approximate surface area is 151 Å². The van der Waals surface area contributed by atoms with Crippen LogP contribution in [0.1, 0.15) is 5.56 Å². The summed E-state index contributed by atoms with van der Waals surface area (Å²) in [5, 5.41) is 19.5. The Morgan fingerprint density at radius 2 is 1.85 bits per heavy atom. The molecule has 27 heavy (non-hydrogen) atoms. The van der Waals surface area contributed by atoms with Crippen LogP contribution in [0.15, 0.2) is 48.7 Å². The maximum atomic E-state index is 12.9. The fourth-order valence-electron chi connectivity index (χ4n) is 3.33. The van der Waals surface area contributed by atoms with Gasteiger partial charge in [0.25, 0.3) is 0 Å². The fourth-order valence-corrected chi connectivity index (χ4v) is 3.33. The molecular weight excluding hydrogens is 361 g/mol. The Hall–Kier alpha value is -3.16. The number of hydrogen-bond acceptors (Lipinski definition) is 3. The molecule has 140 valence electrons. The van der Waals surface area contributed by atoms with Crippen molar-refractivity contribution >= 4 is 22.6 Å². The average Bonchev–Trinajstić information content (AvgIpc) is 2.89. The predicted octanol–water partition coefficient (Wildman–Crippen LogP) is 4.09. The summed E-state index contributed by atoms with van der Waals surface area (Å²) in [4.78, 5) is 12.9. The molecule has 2 aromatic carbocycles. The van der Waals surface area contributed by atoms with Crippen molar-refractivity contribution in [2.24, 2.45) is 5.92 Å². The van der Waals surface area contributed by atoms with Crippen molar-refractivity contribution in [1.82, 2.24) is 4.73 Å². The van der Waals surface area contributed by atoms with Crippen molar-refractivity contribution in [1.29, 1.82) is 0 Å². The van der Waals surface area contributed by atoms with E-state index in [0.29, 0.717) is 28.8 Å². The third kappa shape index (κ3) is 2.97. The minimum Gasteiger partial charge on any atom is -0.481 e. The molecule has 8 heteroatoms. The molecule has 0 aliphatic carbocycles. The number of carboxylic acid groups (broad SMARTS) is 1. The van der Waals surface area contributed by atoms with Gasteiger partial charge in [0.2, 0.25) is 0 Å². The van der Waals surface area contributed by atoms with Crippen molar-refractivity contribution in [3.05, 3.63) is 54.2 Å². The molecule has 1 saturated heterocycles. The lowest BCUT2D eigenvalue weighted by Gasteiger charge is -2.38. The number of nitrogens with zero attached hydrogens (tertiary/aromatic N) is 2. The molecule has 1 aliphatic rings. The topological polar surface area (TPSA) is 65.7 Å². The lowest BCUT2D eigenvalue weighted by molar-refractivity contribution is -0.142. The fraction of sp³-hybridized carbons (Fsp3) is 0.211. The van der Waals surface area contributed by atoms with Crippen LogP contribution in [-0.4, -0.2) is 34.1 Å². The second kappa shape index (κ2) is 5.94. The standard InChI is InChI=1S/C19H15F3N2O3/c20-19(21,22)13-4-5-15-16(10-24(27)17(15)7-13)11-2-1-3-14(6-11)23-8-12(9-23)18(25)26/h1-7,10,12,27H,8-9H2,(H,25,26). The summed E-state index contributed by atoms with van der Waals surface area (Å²) in [5.74, 6) is -1.22. The van der Waals surface area contributed by atoms with Crippen LogP contribution in [0, 0.1) is 5.92 Å². The van der Waals surface area contributed by atoms with Gasteiger partial charge in [-0.25, -0.2) is 0 Å². The number of halogens is 3. The quantitative estimate of drug-likeness (QED) is 0.676. The van der Waals surface area contributed by atoms with Crippen LogP contribution in [0.2, 0.25) is 0 Å². The molecule has 0 unspecified atom stereocenters. The highest BCUT2D eigenvalue weighted by atomic mass is 19.4. The summed E-state index contributed by atoms with van der Waals surface area (Å²) in [5.41, 5.74) is 1.39. The number of fused-ring (bicyclic) bond motifs is 1. The van der Waals surface area contributed by atoms with E-state index in [-0.39, 0.29) is 5.52 Å². The molecule has 1 aliphatic heterocycles. The van der Waals surface area contributed by atoms with Crippen molar-refractivity contribution in [2.45, 2.75) is 6.18 Å². The first-order valence-electron chi connectivity index (χ1n) is 8.24. The van der Waals surface area contributed by atoms with Gasteiger partial charge >= 0.3 is 12.1 Å². The summed E-state index contributed by atoms with van der Waals surface area (Å²) in [7, 11) is 0. The van der Waals surface area contributed by atoms with Gasteiger partial charge in [0.05, 0.1) is 23.2 Å². The molecule has 0 bridgehead atoms. The Morgan fingerprint density at radius 3 is 2.52 bits per heavy atom. The minimum absolute atomic E-state index is 0.0696. The van der Waals surface area contributed by atoms with Crippen LogP contribution in [0.5, 0.6) is 0 Å². The van der Waals surface area contributed by atoms with Gasteiger partial charge in [0.1, 0.15) is 0 Å². The smallest absolute Gasteiger partial charge is 0.416 e. The van der Waals surface area contributed by atoms with Crippen LogP contribution in [0.3, 0.4) is 0 Å². The van der Waals surface area contributed by atoms with Gasteiger partial charge < -0.3 is 15.2 Å². The lowest BCUT2D eigenvalue weighted by Crippen LogP contribution is -2.50. The Morgan fingerprint density at radius 1 is 1.11 bits per heavy atom. The zero-order valence-electron chi connectivity index (χ0n) is 13.9. The van der Waals surface area contributed by atoms with Crippen molar-refractivity contribution in [3.8, 4) is 11.1 Å². The van der Waals surface area contributed by atoms with E-state index in [0.717, 1.165) is 23.4 Å². The lowest BCUT2D eigenvalue weighted by atomic mass is 9.98. The first kappa shape index (κ1) is 17.3. The van der Waals surface area contributed by atoms with Gasteiger partial charge in [-0.15, -0.1) is 0 Å². The van der Waals surface area contributed by atoms with Gasteiger partial charge in [0, 0.05) is 29.7 Å². The highest BCUT2D eigenvalue weighted by molar-refractivity contribution is 5.96. The highest BCUT2D eigenvalue weighted by Gasteiger charge is 2.33. The van der Waals surface area contributed by atoms with Crippen LogP contribution in [0.25, 0.3) is 22.0 Å². The summed E-state index contributed by atoms with van der Waals surface area (Å²) in [6, 6.07) is 10.5. The number of aliphatic carboxylic acids is 1. The van der Waals surface area contributed by atoms with Crippen molar-refractivity contribution in [3.63, 3.8) is 0 Å². The second-order valence-corrected chi connectivity index (χ2v) is 6.61. The number of alkyl halides is 3. The van der Waals surface area contributed by atoms with Gasteiger partial charge in [-0.1, -0.05) is 18.2 Å². The molecule has 2 heterocycles. The number of benzene rings is 2. The molecule has 3 aromatic rings. The van der Waals surface area contributed by atoms with Gasteiger partial charge in [-0.05, 0) is 29.8 Å². The number of anilines is 1. The molecule has 5 nitrogen and oxygen atoms in total. The molecule has 1 aromatic heterocycles. The number of aromatic nitrogens is 1. The van der Waals surface area contributed by atoms with Crippen LogP contribution in [-0.2, 0) is 11.0 Å². The average molecular weight is 376 g/mol. The van der Waals surface area contributed by atoms with Crippen molar-refractivity contribution < 1.29 is 28.3 Å². The molecule has 0 spiro atoms. The Balaban J connectivity index is 1.71. The molecule has 0 atom stereocenters. The van der Waals surface area contributed by atoms with Gasteiger partial charge in [-0.3, -0.25) is 4.79 Å². The van der Waals surface area contributed by atoms with Gasteiger partial charge in [0.15, 0.2) is 0 Å². The molecule has 0 radical (unpaired) electrons. The largest absolute Gasteiger partial charge is 0.481 e. The number of hydrogen-bond donors (Lipinski definition) is 2. The Bertz CT molecular complexity index is 1040. The highest BCUT2D eigenvalue weighted by Crippen LogP contribution is 2.37. The van der Waals surface area contributed by atoms with Crippen molar-refractivity contribution in [2.75, 3.05) is 18.0 Å². The van der Waals surface area contributed by atoms with E-state index in [9.17, 15) is 23.2 Å². The Kier molecular flexibility index (Phi) is 3.80. The molecule has 0 saturated carbocycles. The molecule has 4 rings (SSSR count). The first-order valence-corrected chi connectivity index (χ1v) is 8.24. The van der Waals surface area contributed by atoms with E-state index in [1.165, 1.54) is 12.3 Å². The normalized spacial score (nSPS) is 15.1. The van der Waals surface area contributed by atoms with Crippen LogP contribution >= 0.6 is 0 Å². The maximum absolute atomic E-state index is 12.9. The number of carboxylic acids is 1. The molecule has 2 N–H and O–H groups in total. The van der Waals surface area contributed by atoms with E-state index >= 15 is 0 Å². The molecular formula is C19H15F3N2O3. The van der Waals surface area contributed by atoms with Gasteiger partial charge in [-0.2, -0.15) is 17.9 Å².